The molecule has 0 spiro atoms. The van der Waals surface area contributed by atoms with Gasteiger partial charge in [-0.1, -0.05) is 60.7 Å². The molecule has 4 aromatic rings. The van der Waals surface area contributed by atoms with Gasteiger partial charge in [-0.25, -0.2) is 0 Å². The Kier molecular flexibility index (Phi) is 2.94. The summed E-state index contributed by atoms with van der Waals surface area (Å²) in [5.41, 5.74) is 11.0. The Bertz CT molecular complexity index is 921. The minimum atomic E-state index is 0.744. The Morgan fingerprint density at radius 3 is 2.05 bits per heavy atom. The monoisotopic (exact) mass is 285 g/mol. The van der Waals surface area contributed by atoms with E-state index in [1.165, 1.54) is 11.1 Å². The first-order valence-electron chi connectivity index (χ1n) is 7.25. The molecule has 2 nitrogen and oxygen atoms in total. The second kappa shape index (κ2) is 5.08. The van der Waals surface area contributed by atoms with Gasteiger partial charge < -0.3 is 10.2 Å². The van der Waals surface area contributed by atoms with Crippen LogP contribution in [0, 0.1) is 0 Å². The van der Waals surface area contributed by atoms with Gasteiger partial charge in [0.15, 0.2) is 0 Å². The number of nitrogen functional groups attached to an aromatic ring is 1. The van der Waals surface area contributed by atoms with Crippen LogP contribution in [0.25, 0.3) is 33.4 Å². The van der Waals surface area contributed by atoms with Gasteiger partial charge >= 0.3 is 0 Å². The zero-order chi connectivity index (χ0) is 14.9. The van der Waals surface area contributed by atoms with Crippen LogP contribution in [-0.4, -0.2) is 0 Å². The van der Waals surface area contributed by atoms with Crippen LogP contribution < -0.4 is 5.73 Å². The number of anilines is 1. The zero-order valence-electron chi connectivity index (χ0n) is 12.0. The van der Waals surface area contributed by atoms with E-state index in [0.29, 0.717) is 0 Å². The Morgan fingerprint density at radius 2 is 1.32 bits per heavy atom. The van der Waals surface area contributed by atoms with Gasteiger partial charge in [0.25, 0.3) is 0 Å². The normalized spacial score (nSPS) is 10.9. The van der Waals surface area contributed by atoms with Gasteiger partial charge in [0.1, 0.15) is 11.3 Å². The number of rotatable bonds is 2. The molecule has 106 valence electrons. The predicted molar refractivity (Wildman–Crippen MR) is 91.5 cm³/mol. The summed E-state index contributed by atoms with van der Waals surface area (Å²) in [5, 5.41) is 0.963. The Balaban J connectivity index is 1.74. The van der Waals surface area contributed by atoms with Crippen molar-refractivity contribution < 1.29 is 4.42 Å². The first kappa shape index (κ1) is 12.7. The van der Waals surface area contributed by atoms with Gasteiger partial charge in [-0.2, -0.15) is 0 Å². The highest BCUT2D eigenvalue weighted by molar-refractivity contribution is 5.92. The average molecular weight is 285 g/mol. The van der Waals surface area contributed by atoms with Crippen LogP contribution in [-0.2, 0) is 0 Å². The number of hydrogen-bond acceptors (Lipinski definition) is 2. The highest BCUT2D eigenvalue weighted by atomic mass is 16.3. The topological polar surface area (TPSA) is 39.2 Å². The summed E-state index contributed by atoms with van der Waals surface area (Å²) in [7, 11) is 0. The van der Waals surface area contributed by atoms with Crippen LogP contribution >= 0.6 is 0 Å². The maximum Gasteiger partial charge on any atom is 0.136 e. The van der Waals surface area contributed by atoms with Crippen LogP contribution in [0.1, 0.15) is 0 Å². The number of hydrogen-bond donors (Lipinski definition) is 1. The molecule has 0 unspecified atom stereocenters. The minimum Gasteiger partial charge on any atom is -0.456 e. The fourth-order valence-corrected chi connectivity index (χ4v) is 2.68. The van der Waals surface area contributed by atoms with Gasteiger partial charge in [-0.3, -0.25) is 0 Å². The van der Waals surface area contributed by atoms with Crippen molar-refractivity contribution in [2.75, 3.05) is 5.73 Å². The third kappa shape index (κ3) is 2.15. The molecule has 0 aliphatic carbocycles. The molecule has 0 saturated carbocycles. The van der Waals surface area contributed by atoms with Crippen molar-refractivity contribution >= 4 is 16.7 Å². The molecule has 2 N–H and O–H groups in total. The third-order valence-electron chi connectivity index (χ3n) is 3.87. The van der Waals surface area contributed by atoms with Gasteiger partial charge in [-0.15, -0.1) is 0 Å². The lowest BCUT2D eigenvalue weighted by Crippen LogP contribution is -1.82. The van der Waals surface area contributed by atoms with E-state index in [4.69, 9.17) is 10.2 Å². The zero-order valence-corrected chi connectivity index (χ0v) is 12.0. The van der Waals surface area contributed by atoms with E-state index in [9.17, 15) is 0 Å². The summed E-state index contributed by atoms with van der Waals surface area (Å²) in [6.45, 7) is 0. The molecule has 0 aliphatic heterocycles. The molecule has 1 heterocycles. The Labute approximate surface area is 128 Å². The van der Waals surface area contributed by atoms with Crippen LogP contribution in [0.5, 0.6) is 0 Å². The maximum atomic E-state index is 5.99. The van der Waals surface area contributed by atoms with Crippen molar-refractivity contribution in [1.82, 2.24) is 0 Å². The van der Waals surface area contributed by atoms with Crippen molar-refractivity contribution in [3.63, 3.8) is 0 Å². The molecule has 0 atom stereocenters. The fourth-order valence-electron chi connectivity index (χ4n) is 2.68. The van der Waals surface area contributed by atoms with Crippen molar-refractivity contribution in [2.45, 2.75) is 0 Å². The summed E-state index contributed by atoms with van der Waals surface area (Å²) in [5.74, 6) is 0.840. The molecule has 0 aliphatic rings. The quantitative estimate of drug-likeness (QED) is 0.504. The van der Waals surface area contributed by atoms with E-state index in [2.05, 4.69) is 36.4 Å². The lowest BCUT2D eigenvalue weighted by atomic mass is 10.0. The summed E-state index contributed by atoms with van der Waals surface area (Å²) in [6, 6.07) is 26.5. The van der Waals surface area contributed by atoms with Crippen LogP contribution in [0.2, 0.25) is 0 Å². The Morgan fingerprint density at radius 1 is 0.636 bits per heavy atom. The average Bonchev–Trinajstić information content (AvgIpc) is 3.02. The van der Waals surface area contributed by atoms with Crippen LogP contribution in [0.4, 0.5) is 5.69 Å². The minimum absolute atomic E-state index is 0.744. The molecule has 0 saturated heterocycles. The highest BCUT2D eigenvalue weighted by Crippen LogP contribution is 2.32. The SMILES string of the molecule is Nc1cccc2oc(-c3ccc(-c4ccccc4)cc3)cc12. The Hall–Kier alpha value is -3.00. The molecule has 0 fully saturated rings. The number of nitrogens with two attached hydrogens (primary N) is 1. The summed E-state index contributed by atoms with van der Waals surface area (Å²) in [6.07, 6.45) is 0. The molecule has 0 amide bonds. The van der Waals surface area contributed by atoms with Crippen molar-refractivity contribution in [1.29, 1.82) is 0 Å². The van der Waals surface area contributed by atoms with Crippen molar-refractivity contribution in [3.8, 4) is 22.5 Å². The second-order valence-electron chi connectivity index (χ2n) is 5.31. The largest absolute Gasteiger partial charge is 0.456 e. The number of furan rings is 1. The standard InChI is InChI=1S/C20H15NO/c21-18-7-4-8-19-17(18)13-20(22-19)16-11-9-15(10-12-16)14-5-2-1-3-6-14/h1-13H,21H2. The first-order chi connectivity index (χ1) is 10.8. The molecule has 2 heteroatoms. The summed E-state index contributed by atoms with van der Waals surface area (Å²) >= 11 is 0. The second-order valence-corrected chi connectivity index (χ2v) is 5.31. The summed E-state index contributed by atoms with van der Waals surface area (Å²) in [4.78, 5) is 0. The van der Waals surface area contributed by atoms with Gasteiger partial charge in [0.2, 0.25) is 0 Å². The van der Waals surface area contributed by atoms with Gasteiger partial charge in [0, 0.05) is 16.6 Å². The van der Waals surface area contributed by atoms with Crippen molar-refractivity contribution in [2.24, 2.45) is 0 Å². The maximum absolute atomic E-state index is 5.99. The summed E-state index contributed by atoms with van der Waals surface area (Å²) < 4.78 is 5.90. The van der Waals surface area contributed by atoms with Crippen LogP contribution in [0.3, 0.4) is 0 Å². The molecular weight excluding hydrogens is 270 g/mol. The smallest absolute Gasteiger partial charge is 0.136 e. The molecular formula is C20H15NO. The lowest BCUT2D eigenvalue weighted by Gasteiger charge is -2.02. The van der Waals surface area contributed by atoms with E-state index in [0.717, 1.165) is 28.0 Å². The molecule has 3 aromatic carbocycles. The lowest BCUT2D eigenvalue weighted by molar-refractivity contribution is 0.631. The number of fused-ring (bicyclic) bond motifs is 1. The molecule has 0 bridgehead atoms. The predicted octanol–water partition coefficient (Wildman–Crippen LogP) is 5.35. The molecule has 22 heavy (non-hydrogen) atoms. The first-order valence-corrected chi connectivity index (χ1v) is 7.25. The molecule has 0 radical (unpaired) electrons. The number of benzene rings is 3. The van der Waals surface area contributed by atoms with E-state index >= 15 is 0 Å². The van der Waals surface area contributed by atoms with E-state index in [-0.39, 0.29) is 0 Å². The van der Waals surface area contributed by atoms with Crippen LogP contribution in [0.15, 0.2) is 83.3 Å². The van der Waals surface area contributed by atoms with E-state index < -0.39 is 0 Å². The molecule has 4 rings (SSSR count). The third-order valence-corrected chi connectivity index (χ3v) is 3.87. The van der Waals surface area contributed by atoms with E-state index in [1.54, 1.807) is 0 Å². The highest BCUT2D eigenvalue weighted by Gasteiger charge is 2.08. The van der Waals surface area contributed by atoms with Gasteiger partial charge in [0.05, 0.1) is 0 Å². The van der Waals surface area contributed by atoms with Crippen molar-refractivity contribution in [3.05, 3.63) is 78.9 Å². The molecule has 1 aromatic heterocycles. The fraction of sp³-hybridized carbons (Fsp3) is 0. The van der Waals surface area contributed by atoms with Gasteiger partial charge in [-0.05, 0) is 29.3 Å². The van der Waals surface area contributed by atoms with E-state index in [1.807, 2.05) is 42.5 Å².